The van der Waals surface area contributed by atoms with E-state index in [1.165, 1.54) is 0 Å². The second-order valence-corrected chi connectivity index (χ2v) is 11.6. The van der Waals surface area contributed by atoms with Gasteiger partial charge in [-0.3, -0.25) is 4.90 Å². The zero-order valence-corrected chi connectivity index (χ0v) is 19.6. The van der Waals surface area contributed by atoms with Gasteiger partial charge in [-0.15, -0.1) is 0 Å². The number of hydrogen-bond donors (Lipinski definition) is 4. The summed E-state index contributed by atoms with van der Waals surface area (Å²) < 4.78 is 17.7. The van der Waals surface area contributed by atoms with Crippen molar-refractivity contribution in [1.29, 1.82) is 0 Å². The van der Waals surface area contributed by atoms with Crippen LogP contribution in [0.1, 0.15) is 26.2 Å². The van der Waals surface area contributed by atoms with Gasteiger partial charge in [-0.25, -0.2) is 0 Å². The maximum atomic E-state index is 12.5. The Labute approximate surface area is 189 Å². The first-order chi connectivity index (χ1) is 15.3. The second kappa shape index (κ2) is 6.88. The van der Waals surface area contributed by atoms with Crippen LogP contribution in [0.15, 0.2) is 0 Å². The van der Waals surface area contributed by atoms with E-state index < -0.39 is 47.3 Å². The van der Waals surface area contributed by atoms with Crippen molar-refractivity contribution in [2.24, 2.45) is 40.4 Å². The van der Waals surface area contributed by atoms with Gasteiger partial charge in [0.1, 0.15) is 11.7 Å². The van der Waals surface area contributed by atoms with Crippen molar-refractivity contribution in [3.05, 3.63) is 0 Å². The lowest BCUT2D eigenvalue weighted by atomic mass is 9.43. The van der Waals surface area contributed by atoms with Crippen LogP contribution in [0.4, 0.5) is 0 Å². The average Bonchev–Trinajstić information content (AvgIpc) is 3.19. The summed E-state index contributed by atoms with van der Waals surface area (Å²) in [6.07, 6.45) is -1.22. The van der Waals surface area contributed by atoms with Crippen molar-refractivity contribution in [1.82, 2.24) is 4.90 Å². The van der Waals surface area contributed by atoms with Crippen LogP contribution >= 0.6 is 0 Å². The topological polar surface area (TPSA) is 112 Å². The van der Waals surface area contributed by atoms with E-state index in [1.54, 1.807) is 21.3 Å². The number of rotatable bonds is 5. The quantitative estimate of drug-likeness (QED) is 0.440. The highest BCUT2D eigenvalue weighted by atomic mass is 16.5. The molecule has 6 aliphatic rings. The van der Waals surface area contributed by atoms with Crippen molar-refractivity contribution in [2.75, 3.05) is 41.0 Å². The van der Waals surface area contributed by atoms with Gasteiger partial charge >= 0.3 is 0 Å². The number of piperidine rings is 1. The molecule has 7 bridgehead atoms. The fourth-order valence-electron chi connectivity index (χ4n) is 10.7. The first kappa shape index (κ1) is 22.2. The van der Waals surface area contributed by atoms with E-state index in [2.05, 4.69) is 11.8 Å². The Morgan fingerprint density at radius 2 is 1.75 bits per heavy atom. The first-order valence-corrected chi connectivity index (χ1v) is 12.3. The number of aliphatic hydroxyl groups is 4. The zero-order chi connectivity index (χ0) is 22.8. The third-order valence-corrected chi connectivity index (χ3v) is 11.2. The van der Waals surface area contributed by atoms with Crippen LogP contribution in [0.3, 0.4) is 0 Å². The van der Waals surface area contributed by atoms with Crippen molar-refractivity contribution in [2.45, 2.75) is 68.3 Å². The molecular weight excluding hydrogens is 414 g/mol. The largest absolute Gasteiger partial charge is 0.392 e. The summed E-state index contributed by atoms with van der Waals surface area (Å²) in [5, 5.41) is 47.3. The summed E-state index contributed by atoms with van der Waals surface area (Å²) in [6.45, 7) is 4.33. The van der Waals surface area contributed by atoms with Crippen LogP contribution in [-0.4, -0.2) is 109 Å². The third kappa shape index (κ3) is 2.07. The molecule has 6 fully saturated rings. The number of ether oxygens (including phenoxy) is 3. The molecule has 32 heavy (non-hydrogen) atoms. The van der Waals surface area contributed by atoms with Gasteiger partial charge < -0.3 is 34.6 Å². The molecule has 0 radical (unpaired) electrons. The molecule has 0 amide bonds. The Morgan fingerprint density at radius 3 is 2.38 bits per heavy atom. The van der Waals surface area contributed by atoms with Gasteiger partial charge in [0.05, 0.1) is 31.0 Å². The fourth-order valence-corrected chi connectivity index (χ4v) is 10.7. The van der Waals surface area contributed by atoms with Crippen LogP contribution in [0.5, 0.6) is 0 Å². The molecule has 182 valence electrons. The SMILES string of the molecule is CCN1C[C@]2(COC)CCC(O)C34C5CC6C(O)C5[C@@](O)(C(C(OC)C32)[C@@H]14)[C@@H](O)C6OC. The number of nitrogens with zero attached hydrogens (tertiary/aromatic N) is 1. The van der Waals surface area contributed by atoms with Gasteiger partial charge in [0.15, 0.2) is 0 Å². The molecule has 1 saturated heterocycles. The molecule has 6 rings (SSSR count). The maximum absolute atomic E-state index is 12.5. The number of methoxy groups -OCH3 is 3. The Hall–Kier alpha value is -0.320. The minimum Gasteiger partial charge on any atom is -0.392 e. The van der Waals surface area contributed by atoms with Crippen LogP contribution in [0.25, 0.3) is 0 Å². The molecule has 8 nitrogen and oxygen atoms in total. The van der Waals surface area contributed by atoms with Gasteiger partial charge in [-0.2, -0.15) is 0 Å². The Balaban J connectivity index is 1.64. The third-order valence-electron chi connectivity index (χ3n) is 11.2. The molecule has 5 saturated carbocycles. The lowest BCUT2D eigenvalue weighted by molar-refractivity contribution is -0.297. The average molecular weight is 454 g/mol. The lowest BCUT2D eigenvalue weighted by Crippen LogP contribution is -2.78. The summed E-state index contributed by atoms with van der Waals surface area (Å²) in [4.78, 5) is 2.42. The highest BCUT2D eigenvalue weighted by molar-refractivity contribution is 5.36. The van der Waals surface area contributed by atoms with Crippen molar-refractivity contribution < 1.29 is 34.6 Å². The van der Waals surface area contributed by atoms with Gasteiger partial charge in [-0.1, -0.05) is 6.92 Å². The minimum atomic E-state index is -1.54. The summed E-state index contributed by atoms with van der Waals surface area (Å²) in [7, 11) is 4.98. The Bertz CT molecular complexity index is 783. The Kier molecular flexibility index (Phi) is 4.76. The van der Waals surface area contributed by atoms with E-state index in [0.717, 1.165) is 19.5 Å². The summed E-state index contributed by atoms with van der Waals surface area (Å²) in [5.74, 6) is -1.29. The van der Waals surface area contributed by atoms with Crippen molar-refractivity contribution in [3.8, 4) is 0 Å². The normalized spacial score (nSPS) is 62.4. The van der Waals surface area contributed by atoms with Gasteiger partial charge in [0.25, 0.3) is 0 Å². The molecule has 0 aromatic heterocycles. The number of likely N-dealkylation sites (tertiary alicyclic amines) is 1. The smallest absolute Gasteiger partial charge is 0.110 e. The molecule has 0 aromatic rings. The van der Waals surface area contributed by atoms with E-state index in [4.69, 9.17) is 14.2 Å². The highest BCUT2D eigenvalue weighted by Crippen LogP contribution is 2.79. The molecule has 10 unspecified atom stereocenters. The maximum Gasteiger partial charge on any atom is 0.110 e. The van der Waals surface area contributed by atoms with Crippen LogP contribution < -0.4 is 0 Å². The summed E-state index contributed by atoms with van der Waals surface area (Å²) in [6, 6.07) is -0.120. The van der Waals surface area contributed by atoms with E-state index >= 15 is 0 Å². The Morgan fingerprint density at radius 1 is 1.03 bits per heavy atom. The van der Waals surface area contributed by atoms with Crippen molar-refractivity contribution in [3.63, 3.8) is 0 Å². The monoisotopic (exact) mass is 453 g/mol. The van der Waals surface area contributed by atoms with E-state index in [1.807, 2.05) is 0 Å². The molecule has 14 atom stereocenters. The van der Waals surface area contributed by atoms with Gasteiger partial charge in [-0.05, 0) is 31.7 Å². The van der Waals surface area contributed by atoms with Gasteiger partial charge in [0, 0.05) is 68.4 Å². The molecule has 1 heterocycles. The molecule has 4 N–H and O–H groups in total. The van der Waals surface area contributed by atoms with Crippen molar-refractivity contribution >= 4 is 0 Å². The van der Waals surface area contributed by atoms with Crippen LogP contribution in [-0.2, 0) is 14.2 Å². The second-order valence-electron chi connectivity index (χ2n) is 11.6. The first-order valence-electron chi connectivity index (χ1n) is 12.3. The molecule has 0 aromatic carbocycles. The number of fused-ring (bicyclic) bond motifs is 2. The number of aliphatic hydroxyl groups excluding tert-OH is 3. The van der Waals surface area contributed by atoms with E-state index in [-0.39, 0.29) is 35.3 Å². The van der Waals surface area contributed by atoms with Crippen LogP contribution in [0.2, 0.25) is 0 Å². The standard InChI is InChI=1S/C24H39NO7/c1-5-25-9-22(10-30-2)7-6-13(26)23-12-8-11-16(27)14(12)24(29,21(28)17(11)31-3)15(20(23)25)18(32-4)19(22)23/h11-21,26-29H,5-10H2,1-4H3/t11?,12?,13?,14?,15?,16?,17?,18?,19?,20-,21+,22+,23?,24-/m1/s1. The van der Waals surface area contributed by atoms with Gasteiger partial charge in [0.2, 0.25) is 0 Å². The predicted molar refractivity (Wildman–Crippen MR) is 114 cm³/mol. The fraction of sp³-hybridized carbons (Fsp3) is 1.00. The van der Waals surface area contributed by atoms with E-state index in [9.17, 15) is 20.4 Å². The molecule has 8 heteroatoms. The molecular formula is C24H39NO7. The zero-order valence-electron chi connectivity index (χ0n) is 19.6. The van der Waals surface area contributed by atoms with E-state index in [0.29, 0.717) is 19.4 Å². The predicted octanol–water partition coefficient (Wildman–Crippen LogP) is -0.527. The molecule has 5 aliphatic carbocycles. The summed E-state index contributed by atoms with van der Waals surface area (Å²) >= 11 is 0. The number of hydrogen-bond acceptors (Lipinski definition) is 8. The molecule has 1 spiro atoms. The van der Waals surface area contributed by atoms with Crippen LogP contribution in [0, 0.1) is 40.4 Å². The minimum absolute atomic E-state index is 0.000250. The highest BCUT2D eigenvalue weighted by Gasteiger charge is 2.87. The summed E-state index contributed by atoms with van der Waals surface area (Å²) in [5.41, 5.74) is -2.24. The molecule has 1 aliphatic heterocycles. The lowest BCUT2D eigenvalue weighted by Gasteiger charge is -2.69.